The van der Waals surface area contributed by atoms with Crippen LogP contribution in [0.3, 0.4) is 0 Å². The van der Waals surface area contributed by atoms with E-state index in [2.05, 4.69) is 102 Å². The summed E-state index contributed by atoms with van der Waals surface area (Å²) in [6.07, 6.45) is 0. The quantitative estimate of drug-likeness (QED) is 0.185. The zero-order chi connectivity index (χ0) is 33.9. The predicted molar refractivity (Wildman–Crippen MR) is 208 cm³/mol. The molecule has 0 saturated heterocycles. The number of aryl methyl sites for hydroxylation is 1. The summed E-state index contributed by atoms with van der Waals surface area (Å²) in [4.78, 5) is 15.2. The minimum absolute atomic E-state index is 0.581. The fourth-order valence-corrected chi connectivity index (χ4v) is 7.51. The van der Waals surface area contributed by atoms with Gasteiger partial charge in [0.25, 0.3) is 0 Å². The first kappa shape index (κ1) is 29.1. The average Bonchev–Trinajstić information content (AvgIpc) is 3.75. The Morgan fingerprint density at radius 2 is 1.04 bits per heavy atom. The third-order valence-electron chi connectivity index (χ3n) is 9.82. The van der Waals surface area contributed by atoms with Gasteiger partial charge >= 0.3 is 0 Å². The van der Waals surface area contributed by atoms with Crippen LogP contribution in [0.4, 0.5) is 0 Å². The molecule has 0 atom stereocenters. The van der Waals surface area contributed by atoms with Crippen molar-refractivity contribution < 1.29 is 4.42 Å². The molecule has 0 saturated carbocycles. The van der Waals surface area contributed by atoms with Gasteiger partial charge in [0.05, 0.1) is 11.0 Å². The molecule has 0 unspecified atom stereocenters. The van der Waals surface area contributed by atoms with Gasteiger partial charge in [-0.2, -0.15) is 9.97 Å². The second-order valence-corrected chi connectivity index (χ2v) is 12.9. The summed E-state index contributed by atoms with van der Waals surface area (Å²) in [7, 11) is 0. The third kappa shape index (κ3) is 4.74. The van der Waals surface area contributed by atoms with E-state index in [1.54, 1.807) is 0 Å². The smallest absolute Gasteiger partial charge is 0.238 e. The minimum atomic E-state index is 0.581. The highest BCUT2D eigenvalue weighted by Crippen LogP contribution is 2.41. The molecule has 0 radical (unpaired) electrons. The molecule has 0 aliphatic carbocycles. The molecule has 3 aromatic heterocycles. The van der Waals surface area contributed by atoms with Crippen molar-refractivity contribution in [2.24, 2.45) is 0 Å². The lowest BCUT2D eigenvalue weighted by Crippen LogP contribution is -2.06. The highest BCUT2D eigenvalue weighted by Gasteiger charge is 2.21. The van der Waals surface area contributed by atoms with Crippen LogP contribution in [0.15, 0.2) is 168 Å². The molecule has 0 aliphatic heterocycles. The van der Waals surface area contributed by atoms with E-state index in [4.69, 9.17) is 19.4 Å². The van der Waals surface area contributed by atoms with Crippen LogP contribution in [0.1, 0.15) is 5.56 Å². The largest absolute Gasteiger partial charge is 0.456 e. The molecular formula is C46H30N4O. The molecule has 0 N–H and O–H groups in total. The van der Waals surface area contributed by atoms with Crippen molar-refractivity contribution in [2.75, 3.05) is 0 Å². The lowest BCUT2D eigenvalue weighted by molar-refractivity contribution is 0.669. The second-order valence-electron chi connectivity index (χ2n) is 12.9. The first-order valence-corrected chi connectivity index (χ1v) is 17.1. The summed E-state index contributed by atoms with van der Waals surface area (Å²) in [5, 5.41) is 4.58. The Morgan fingerprint density at radius 3 is 1.78 bits per heavy atom. The van der Waals surface area contributed by atoms with Crippen LogP contribution in [0.5, 0.6) is 0 Å². The van der Waals surface area contributed by atoms with Crippen molar-refractivity contribution in [1.82, 2.24) is 19.5 Å². The molecule has 0 amide bonds. The number of fused-ring (bicyclic) bond motifs is 6. The number of benzene rings is 7. The van der Waals surface area contributed by atoms with Crippen molar-refractivity contribution >= 4 is 43.7 Å². The van der Waals surface area contributed by atoms with Crippen molar-refractivity contribution in [3.8, 4) is 51.0 Å². The first-order valence-electron chi connectivity index (χ1n) is 17.1. The van der Waals surface area contributed by atoms with Crippen molar-refractivity contribution in [1.29, 1.82) is 0 Å². The number of furan rings is 1. The van der Waals surface area contributed by atoms with Gasteiger partial charge in [-0.25, -0.2) is 4.98 Å². The molecular weight excluding hydrogens is 625 g/mol. The maximum Gasteiger partial charge on any atom is 0.238 e. The molecule has 51 heavy (non-hydrogen) atoms. The van der Waals surface area contributed by atoms with E-state index in [1.807, 2.05) is 72.8 Å². The summed E-state index contributed by atoms with van der Waals surface area (Å²) >= 11 is 0. The van der Waals surface area contributed by atoms with Gasteiger partial charge in [-0.3, -0.25) is 4.57 Å². The van der Waals surface area contributed by atoms with Gasteiger partial charge in [0.1, 0.15) is 11.2 Å². The van der Waals surface area contributed by atoms with Crippen LogP contribution in [0.25, 0.3) is 94.7 Å². The standard InChI is InChI=1S/C46H30N4O/c1-29-28-32(26-27-33(29)35-21-13-25-41-43(35)37-19-9-11-24-40(37)51-41)34-20-12-23-39-42(34)36-18-8-10-22-38(36)50(39)46-48-44(30-14-4-2-5-15-30)47-45(49-46)31-16-6-3-7-17-31/h2-28H,1H3. The number of para-hydroxylation sites is 2. The van der Waals surface area contributed by atoms with E-state index in [0.717, 1.165) is 66.0 Å². The molecule has 3 heterocycles. The van der Waals surface area contributed by atoms with Crippen molar-refractivity contribution in [2.45, 2.75) is 6.92 Å². The molecule has 10 rings (SSSR count). The number of hydrogen-bond acceptors (Lipinski definition) is 4. The fraction of sp³-hybridized carbons (Fsp3) is 0.0217. The second kappa shape index (κ2) is 11.6. The average molecular weight is 655 g/mol. The van der Waals surface area contributed by atoms with E-state index in [0.29, 0.717) is 17.6 Å². The molecule has 10 aromatic rings. The first-order chi connectivity index (χ1) is 25.2. The summed E-state index contributed by atoms with van der Waals surface area (Å²) in [6, 6.07) is 56.7. The van der Waals surface area contributed by atoms with Crippen LogP contribution < -0.4 is 0 Å². The highest BCUT2D eigenvalue weighted by atomic mass is 16.3. The number of nitrogens with zero attached hydrogens (tertiary/aromatic N) is 4. The van der Waals surface area contributed by atoms with Gasteiger partial charge in [0, 0.05) is 32.7 Å². The molecule has 0 bridgehead atoms. The number of rotatable bonds is 5. The number of aromatic nitrogens is 4. The van der Waals surface area contributed by atoms with Crippen LogP contribution in [0.2, 0.25) is 0 Å². The Labute approximate surface area is 294 Å². The topological polar surface area (TPSA) is 56.7 Å². The van der Waals surface area contributed by atoms with Crippen molar-refractivity contribution in [3.63, 3.8) is 0 Å². The zero-order valence-corrected chi connectivity index (χ0v) is 27.8. The minimum Gasteiger partial charge on any atom is -0.456 e. The molecule has 240 valence electrons. The maximum atomic E-state index is 6.22. The molecule has 5 nitrogen and oxygen atoms in total. The van der Waals surface area contributed by atoms with Crippen LogP contribution in [-0.4, -0.2) is 19.5 Å². The lowest BCUT2D eigenvalue weighted by Gasteiger charge is -2.12. The van der Waals surface area contributed by atoms with Gasteiger partial charge in [-0.05, 0) is 59.0 Å². The molecule has 0 fully saturated rings. The Kier molecular flexibility index (Phi) is 6.64. The van der Waals surface area contributed by atoms with Gasteiger partial charge in [-0.1, -0.05) is 140 Å². The summed E-state index contributed by atoms with van der Waals surface area (Å²) in [5.74, 6) is 1.85. The van der Waals surface area contributed by atoms with Gasteiger partial charge < -0.3 is 4.42 Å². The summed E-state index contributed by atoms with van der Waals surface area (Å²) in [5.41, 5.74) is 11.6. The zero-order valence-electron chi connectivity index (χ0n) is 27.8. The van der Waals surface area contributed by atoms with Crippen LogP contribution >= 0.6 is 0 Å². The Balaban J connectivity index is 1.17. The van der Waals surface area contributed by atoms with Crippen LogP contribution in [-0.2, 0) is 0 Å². The Hall–Kier alpha value is -6.85. The SMILES string of the molecule is Cc1cc(-c2cccc3c2c2ccccc2n3-c2nc(-c3ccccc3)nc(-c3ccccc3)n2)ccc1-c1cccc2oc3ccccc3c12. The molecule has 5 heteroatoms. The van der Waals surface area contributed by atoms with E-state index < -0.39 is 0 Å². The van der Waals surface area contributed by atoms with E-state index in [-0.39, 0.29) is 0 Å². The van der Waals surface area contributed by atoms with Gasteiger partial charge in [0.15, 0.2) is 11.6 Å². The molecule has 7 aromatic carbocycles. The fourth-order valence-electron chi connectivity index (χ4n) is 7.51. The lowest BCUT2D eigenvalue weighted by atomic mass is 9.92. The van der Waals surface area contributed by atoms with E-state index >= 15 is 0 Å². The third-order valence-corrected chi connectivity index (χ3v) is 9.82. The maximum absolute atomic E-state index is 6.22. The van der Waals surface area contributed by atoms with Crippen LogP contribution in [0, 0.1) is 6.92 Å². The monoisotopic (exact) mass is 654 g/mol. The van der Waals surface area contributed by atoms with Crippen molar-refractivity contribution in [3.05, 3.63) is 169 Å². The molecule has 0 aliphatic rings. The highest BCUT2D eigenvalue weighted by molar-refractivity contribution is 6.16. The normalized spacial score (nSPS) is 11.6. The molecule has 0 spiro atoms. The van der Waals surface area contributed by atoms with Gasteiger partial charge in [-0.15, -0.1) is 0 Å². The van der Waals surface area contributed by atoms with Gasteiger partial charge in [0.2, 0.25) is 5.95 Å². The predicted octanol–water partition coefficient (Wildman–Crippen LogP) is 11.8. The summed E-state index contributed by atoms with van der Waals surface area (Å²) < 4.78 is 8.41. The number of hydrogen-bond donors (Lipinski definition) is 0. The van der Waals surface area contributed by atoms with E-state index in [9.17, 15) is 0 Å². The van der Waals surface area contributed by atoms with E-state index in [1.165, 1.54) is 16.7 Å². The Bertz CT molecular complexity index is 2870. The summed E-state index contributed by atoms with van der Waals surface area (Å²) in [6.45, 7) is 2.20. The Morgan fingerprint density at radius 1 is 0.431 bits per heavy atom.